The summed E-state index contributed by atoms with van der Waals surface area (Å²) in [6, 6.07) is 3.20. The Morgan fingerprint density at radius 3 is 2.43 bits per heavy atom. The molecule has 1 fully saturated rings. The summed E-state index contributed by atoms with van der Waals surface area (Å²) in [6.07, 6.45) is 1.78. The average molecular weight is 311 g/mol. The van der Waals surface area contributed by atoms with Gasteiger partial charge in [0, 0.05) is 51.0 Å². The van der Waals surface area contributed by atoms with E-state index in [1.54, 1.807) is 6.20 Å². The Morgan fingerprint density at radius 1 is 1.19 bits per heavy atom. The molecule has 2 rings (SSSR count). The first kappa shape index (κ1) is 16.5. The third-order valence-corrected chi connectivity index (χ3v) is 4.33. The minimum Gasteiger partial charge on any atom is -0.354 e. The van der Waals surface area contributed by atoms with Crippen LogP contribution < -0.4 is 10.2 Å². The van der Waals surface area contributed by atoms with E-state index in [-0.39, 0.29) is 0 Å². The fourth-order valence-corrected chi connectivity index (χ4v) is 2.73. The van der Waals surface area contributed by atoms with Crippen LogP contribution in [0.25, 0.3) is 0 Å². The lowest BCUT2D eigenvalue weighted by Crippen LogP contribution is -2.49. The van der Waals surface area contributed by atoms with Crippen LogP contribution in [0, 0.1) is 0 Å². The monoisotopic (exact) mass is 310 g/mol. The van der Waals surface area contributed by atoms with E-state index < -0.39 is 0 Å². The standard InChI is InChI=1S/C16H27ClN4/c1-12(2)18-10-14-9-16(19-11-15(14)17)21-7-5-20(6-8-21)13(3)4/h9,11-13,18H,5-8,10H2,1-4H3. The Balaban J connectivity index is 2.02. The van der Waals surface area contributed by atoms with Gasteiger partial charge in [-0.3, -0.25) is 4.90 Å². The van der Waals surface area contributed by atoms with E-state index in [0.29, 0.717) is 12.1 Å². The van der Waals surface area contributed by atoms with Gasteiger partial charge in [-0.15, -0.1) is 0 Å². The molecule has 1 aliphatic rings. The molecule has 5 heteroatoms. The largest absolute Gasteiger partial charge is 0.354 e. The van der Waals surface area contributed by atoms with Gasteiger partial charge in [-0.1, -0.05) is 25.4 Å². The second-order valence-corrected chi connectivity index (χ2v) is 6.69. The molecule has 0 atom stereocenters. The Labute approximate surface area is 133 Å². The molecular formula is C16H27ClN4. The molecule has 0 radical (unpaired) electrons. The summed E-state index contributed by atoms with van der Waals surface area (Å²) in [5.74, 6) is 1.04. The molecule has 1 N–H and O–H groups in total. The maximum atomic E-state index is 6.25. The number of rotatable bonds is 5. The zero-order valence-corrected chi connectivity index (χ0v) is 14.3. The third kappa shape index (κ3) is 4.56. The van der Waals surface area contributed by atoms with Crippen molar-refractivity contribution < 1.29 is 0 Å². The normalized spacial score (nSPS) is 17.0. The van der Waals surface area contributed by atoms with Crippen LogP contribution in [0.1, 0.15) is 33.3 Å². The first-order valence-electron chi connectivity index (χ1n) is 7.84. The number of nitrogens with zero attached hydrogens (tertiary/aromatic N) is 3. The van der Waals surface area contributed by atoms with E-state index >= 15 is 0 Å². The van der Waals surface area contributed by atoms with Gasteiger partial charge in [-0.2, -0.15) is 0 Å². The summed E-state index contributed by atoms with van der Waals surface area (Å²) in [5.41, 5.74) is 1.13. The Hall–Kier alpha value is -0.840. The lowest BCUT2D eigenvalue weighted by molar-refractivity contribution is 0.209. The van der Waals surface area contributed by atoms with Crippen LogP contribution in [-0.4, -0.2) is 48.1 Å². The van der Waals surface area contributed by atoms with Gasteiger partial charge in [0.05, 0.1) is 5.02 Å². The topological polar surface area (TPSA) is 31.4 Å². The lowest BCUT2D eigenvalue weighted by Gasteiger charge is -2.37. The van der Waals surface area contributed by atoms with Gasteiger partial charge in [-0.25, -0.2) is 4.98 Å². The summed E-state index contributed by atoms with van der Waals surface area (Å²) >= 11 is 6.25. The highest BCUT2D eigenvalue weighted by atomic mass is 35.5. The summed E-state index contributed by atoms with van der Waals surface area (Å²) in [5, 5.41) is 4.16. The number of anilines is 1. The number of hydrogen-bond acceptors (Lipinski definition) is 4. The fraction of sp³-hybridized carbons (Fsp3) is 0.688. The van der Waals surface area contributed by atoms with E-state index in [1.165, 1.54) is 0 Å². The molecule has 2 heterocycles. The maximum absolute atomic E-state index is 6.25. The minimum absolute atomic E-state index is 0.451. The highest BCUT2D eigenvalue weighted by Gasteiger charge is 2.20. The van der Waals surface area contributed by atoms with Crippen LogP contribution >= 0.6 is 11.6 Å². The van der Waals surface area contributed by atoms with Gasteiger partial charge < -0.3 is 10.2 Å². The predicted molar refractivity (Wildman–Crippen MR) is 90.1 cm³/mol. The van der Waals surface area contributed by atoms with E-state index in [0.717, 1.165) is 49.1 Å². The van der Waals surface area contributed by atoms with Gasteiger partial charge in [0.2, 0.25) is 0 Å². The predicted octanol–water partition coefficient (Wildman–Crippen LogP) is 2.76. The molecule has 1 aromatic rings. The van der Waals surface area contributed by atoms with Crippen molar-refractivity contribution in [2.24, 2.45) is 0 Å². The van der Waals surface area contributed by atoms with Crippen LogP contribution in [0.15, 0.2) is 12.3 Å². The summed E-state index contributed by atoms with van der Waals surface area (Å²) in [7, 11) is 0. The number of pyridine rings is 1. The molecule has 0 spiro atoms. The van der Waals surface area contributed by atoms with E-state index in [1.807, 2.05) is 0 Å². The van der Waals surface area contributed by atoms with E-state index in [9.17, 15) is 0 Å². The van der Waals surface area contributed by atoms with Crippen molar-refractivity contribution in [3.05, 3.63) is 22.8 Å². The van der Waals surface area contributed by atoms with Gasteiger partial charge in [0.15, 0.2) is 0 Å². The van der Waals surface area contributed by atoms with Crippen molar-refractivity contribution >= 4 is 17.4 Å². The van der Waals surface area contributed by atoms with Gasteiger partial charge in [0.25, 0.3) is 0 Å². The molecule has 0 aromatic carbocycles. The van der Waals surface area contributed by atoms with Crippen LogP contribution in [-0.2, 0) is 6.54 Å². The molecule has 0 aliphatic carbocycles. The van der Waals surface area contributed by atoms with Crippen LogP contribution in [0.4, 0.5) is 5.82 Å². The van der Waals surface area contributed by atoms with Gasteiger partial charge in [0.1, 0.15) is 5.82 Å². The zero-order valence-electron chi connectivity index (χ0n) is 13.6. The molecule has 0 amide bonds. The van der Waals surface area contributed by atoms with Gasteiger partial charge in [-0.05, 0) is 25.5 Å². The molecule has 0 saturated carbocycles. The second kappa shape index (κ2) is 7.43. The van der Waals surface area contributed by atoms with Crippen molar-refractivity contribution in [3.63, 3.8) is 0 Å². The van der Waals surface area contributed by atoms with E-state index in [4.69, 9.17) is 11.6 Å². The van der Waals surface area contributed by atoms with Crippen molar-refractivity contribution in [1.82, 2.24) is 15.2 Å². The first-order chi connectivity index (χ1) is 9.97. The fourth-order valence-electron chi connectivity index (χ4n) is 2.56. The third-order valence-electron chi connectivity index (χ3n) is 3.99. The minimum atomic E-state index is 0.451. The van der Waals surface area contributed by atoms with Crippen LogP contribution in [0.5, 0.6) is 0 Å². The Morgan fingerprint density at radius 2 is 1.86 bits per heavy atom. The van der Waals surface area contributed by atoms with Crippen molar-refractivity contribution in [1.29, 1.82) is 0 Å². The number of nitrogens with one attached hydrogen (secondary N) is 1. The molecule has 4 nitrogen and oxygen atoms in total. The number of hydrogen-bond donors (Lipinski definition) is 1. The molecule has 0 unspecified atom stereocenters. The smallest absolute Gasteiger partial charge is 0.128 e. The van der Waals surface area contributed by atoms with Crippen molar-refractivity contribution in [3.8, 4) is 0 Å². The molecule has 0 bridgehead atoms. The van der Waals surface area contributed by atoms with Crippen LogP contribution in [0.3, 0.4) is 0 Å². The van der Waals surface area contributed by atoms with Gasteiger partial charge >= 0.3 is 0 Å². The summed E-state index contributed by atoms with van der Waals surface area (Å²) < 4.78 is 0. The van der Waals surface area contributed by atoms with Crippen molar-refractivity contribution in [2.75, 3.05) is 31.1 Å². The lowest BCUT2D eigenvalue weighted by atomic mass is 10.2. The Bertz CT molecular complexity index is 454. The number of aromatic nitrogens is 1. The summed E-state index contributed by atoms with van der Waals surface area (Å²) in [6.45, 7) is 13.8. The zero-order chi connectivity index (χ0) is 15.4. The van der Waals surface area contributed by atoms with Crippen molar-refractivity contribution in [2.45, 2.75) is 46.3 Å². The quantitative estimate of drug-likeness (QED) is 0.906. The molecular weight excluding hydrogens is 284 g/mol. The van der Waals surface area contributed by atoms with E-state index in [2.05, 4.69) is 53.9 Å². The highest BCUT2D eigenvalue weighted by molar-refractivity contribution is 6.31. The number of piperazine rings is 1. The molecule has 1 aliphatic heterocycles. The SMILES string of the molecule is CC(C)NCc1cc(N2CCN(C(C)C)CC2)ncc1Cl. The molecule has 118 valence electrons. The molecule has 1 aromatic heterocycles. The summed E-state index contributed by atoms with van der Waals surface area (Å²) in [4.78, 5) is 9.37. The maximum Gasteiger partial charge on any atom is 0.128 e. The highest BCUT2D eigenvalue weighted by Crippen LogP contribution is 2.22. The molecule has 21 heavy (non-hydrogen) atoms. The average Bonchev–Trinajstić information content (AvgIpc) is 2.46. The Kier molecular flexibility index (Phi) is 5.85. The molecule has 1 saturated heterocycles. The first-order valence-corrected chi connectivity index (χ1v) is 8.22. The second-order valence-electron chi connectivity index (χ2n) is 6.29. The van der Waals surface area contributed by atoms with Crippen LogP contribution in [0.2, 0.25) is 5.02 Å². The number of halogens is 1.